The van der Waals surface area contributed by atoms with E-state index in [0.29, 0.717) is 17.1 Å². The van der Waals surface area contributed by atoms with Gasteiger partial charge in [0.05, 0.1) is 5.25 Å². The summed E-state index contributed by atoms with van der Waals surface area (Å²) in [6, 6.07) is 17.2. The first-order chi connectivity index (χ1) is 13.4. The summed E-state index contributed by atoms with van der Waals surface area (Å²) in [6.07, 6.45) is 0.521. The average molecular weight is 456 g/mol. The summed E-state index contributed by atoms with van der Waals surface area (Å²) >= 11 is 4.65. The van der Waals surface area contributed by atoms with Crippen molar-refractivity contribution in [3.8, 4) is 6.07 Å². The first kappa shape index (κ1) is 20.2. The predicted octanol–water partition coefficient (Wildman–Crippen LogP) is 3.93. The second-order valence-electron chi connectivity index (χ2n) is 6.32. The van der Waals surface area contributed by atoms with Crippen LogP contribution in [0.1, 0.15) is 11.1 Å². The maximum Gasteiger partial charge on any atom is 0.264 e. The van der Waals surface area contributed by atoms with Crippen molar-refractivity contribution in [1.82, 2.24) is 5.32 Å². The second-order valence-corrected chi connectivity index (χ2v) is 8.42. The van der Waals surface area contributed by atoms with Crippen LogP contribution >= 0.6 is 27.7 Å². The molecule has 5 nitrogen and oxygen atoms in total. The van der Waals surface area contributed by atoms with Crippen LogP contribution in [-0.2, 0) is 16.0 Å². The Bertz CT molecular complexity index is 978. The number of anilines is 1. The van der Waals surface area contributed by atoms with E-state index in [1.165, 1.54) is 23.7 Å². The van der Waals surface area contributed by atoms with Gasteiger partial charge in [-0.1, -0.05) is 57.5 Å². The monoisotopic (exact) mass is 455 g/mol. The van der Waals surface area contributed by atoms with Crippen molar-refractivity contribution in [3.05, 3.63) is 74.7 Å². The molecule has 1 saturated heterocycles. The Labute approximate surface area is 176 Å². The number of hydrogen-bond donors (Lipinski definition) is 1. The molecule has 0 saturated carbocycles. The molecule has 0 unspecified atom stereocenters. The van der Waals surface area contributed by atoms with Crippen LogP contribution < -0.4 is 10.2 Å². The van der Waals surface area contributed by atoms with Crippen LogP contribution in [0.15, 0.2) is 63.6 Å². The summed E-state index contributed by atoms with van der Waals surface area (Å²) in [5.41, 5.74) is 2.75. The molecule has 7 heteroatoms. The number of nitrogens with one attached hydrogen (secondary N) is 1. The van der Waals surface area contributed by atoms with Gasteiger partial charge in [-0.25, -0.2) is 0 Å². The van der Waals surface area contributed by atoms with Crippen molar-refractivity contribution >= 4 is 45.2 Å². The van der Waals surface area contributed by atoms with Gasteiger partial charge in [-0.15, -0.1) is 0 Å². The summed E-state index contributed by atoms with van der Waals surface area (Å²) in [5.74, 6) is -0.643. The minimum Gasteiger partial charge on any atom is -0.354 e. The van der Waals surface area contributed by atoms with Gasteiger partial charge < -0.3 is 5.32 Å². The molecule has 0 radical (unpaired) electrons. The van der Waals surface area contributed by atoms with Crippen LogP contribution in [0.5, 0.6) is 0 Å². The minimum atomic E-state index is -0.504. The van der Waals surface area contributed by atoms with E-state index >= 15 is 0 Å². The van der Waals surface area contributed by atoms with Gasteiger partial charge in [0.15, 0.2) is 0 Å². The van der Waals surface area contributed by atoms with Crippen molar-refractivity contribution in [1.29, 1.82) is 5.26 Å². The van der Waals surface area contributed by atoms with Gasteiger partial charge in [-0.05, 0) is 43.2 Å². The quantitative estimate of drug-likeness (QED) is 0.559. The van der Waals surface area contributed by atoms with Crippen molar-refractivity contribution in [2.45, 2.75) is 18.6 Å². The number of carbonyl (C=O) groups is 2. The molecule has 142 valence electrons. The fourth-order valence-corrected chi connectivity index (χ4v) is 4.45. The smallest absolute Gasteiger partial charge is 0.264 e. The Morgan fingerprint density at radius 1 is 1.21 bits per heavy atom. The van der Waals surface area contributed by atoms with Crippen LogP contribution in [0.4, 0.5) is 5.69 Å². The number of nitrogens with zero attached hydrogens (tertiary/aromatic N) is 2. The van der Waals surface area contributed by atoms with E-state index in [1.54, 1.807) is 12.1 Å². The largest absolute Gasteiger partial charge is 0.354 e. The SMILES string of the molecule is CNC(=O)/C(C#N)=C1\S[C@H](Cc2ccc(C)cc2)C(=O)N1c1ccc(Br)cc1. The van der Waals surface area contributed by atoms with Crippen molar-refractivity contribution < 1.29 is 9.59 Å². The molecule has 0 aliphatic carbocycles. The third-order valence-electron chi connectivity index (χ3n) is 4.36. The molecular weight excluding hydrogens is 438 g/mol. The van der Waals surface area contributed by atoms with Crippen LogP contribution in [0.25, 0.3) is 0 Å². The maximum absolute atomic E-state index is 13.2. The second kappa shape index (κ2) is 8.63. The number of nitriles is 1. The Morgan fingerprint density at radius 2 is 1.86 bits per heavy atom. The Morgan fingerprint density at radius 3 is 2.43 bits per heavy atom. The van der Waals surface area contributed by atoms with E-state index in [-0.39, 0.29) is 11.5 Å². The number of aryl methyl sites for hydroxylation is 1. The van der Waals surface area contributed by atoms with E-state index in [9.17, 15) is 14.9 Å². The van der Waals surface area contributed by atoms with E-state index in [2.05, 4.69) is 21.2 Å². The predicted molar refractivity (Wildman–Crippen MR) is 115 cm³/mol. The molecule has 2 aromatic carbocycles. The molecule has 1 heterocycles. The fourth-order valence-electron chi connectivity index (χ4n) is 2.88. The lowest BCUT2D eigenvalue weighted by Crippen LogP contribution is -2.31. The van der Waals surface area contributed by atoms with Crippen LogP contribution in [0, 0.1) is 18.3 Å². The van der Waals surface area contributed by atoms with Crippen molar-refractivity contribution in [2.75, 3.05) is 11.9 Å². The highest BCUT2D eigenvalue weighted by Crippen LogP contribution is 2.42. The summed E-state index contributed by atoms with van der Waals surface area (Å²) < 4.78 is 0.879. The van der Waals surface area contributed by atoms with Gasteiger partial charge in [-0.3, -0.25) is 14.5 Å². The number of likely N-dealkylation sites (N-methyl/N-ethyl adjacent to an activating group) is 1. The highest BCUT2D eigenvalue weighted by atomic mass is 79.9. The first-order valence-corrected chi connectivity index (χ1v) is 10.3. The average Bonchev–Trinajstić information content (AvgIpc) is 3.00. The van der Waals surface area contributed by atoms with Gasteiger partial charge in [-0.2, -0.15) is 5.26 Å². The zero-order valence-electron chi connectivity index (χ0n) is 15.4. The number of thioether (sulfide) groups is 1. The third kappa shape index (κ3) is 4.13. The number of amides is 2. The molecular formula is C21H18BrN3O2S. The standard InChI is InChI=1S/C21H18BrN3O2S/c1-13-3-5-14(6-4-13)11-18-20(27)25(16-9-7-15(22)8-10-16)21(28-18)17(12-23)19(26)24-2/h3-10,18H,11H2,1-2H3,(H,24,26)/b21-17-/t18-/m1/s1. The lowest BCUT2D eigenvalue weighted by molar-refractivity contribution is -0.117. The number of rotatable bonds is 4. The molecule has 0 aromatic heterocycles. The van der Waals surface area contributed by atoms with Gasteiger partial charge in [0.1, 0.15) is 16.7 Å². The van der Waals surface area contributed by atoms with Crippen molar-refractivity contribution in [3.63, 3.8) is 0 Å². The molecule has 2 amide bonds. The van der Waals surface area contributed by atoms with Crippen LogP contribution in [0.3, 0.4) is 0 Å². The van der Waals surface area contributed by atoms with Gasteiger partial charge in [0.25, 0.3) is 5.91 Å². The normalized spacial score (nSPS) is 18.0. The molecule has 0 bridgehead atoms. The zero-order valence-corrected chi connectivity index (χ0v) is 17.8. The first-order valence-electron chi connectivity index (χ1n) is 8.62. The van der Waals surface area contributed by atoms with Gasteiger partial charge >= 0.3 is 0 Å². The maximum atomic E-state index is 13.2. The van der Waals surface area contributed by atoms with E-state index < -0.39 is 11.2 Å². The molecule has 0 spiro atoms. The summed E-state index contributed by atoms with van der Waals surface area (Å²) in [5, 5.41) is 12.0. The number of hydrogen-bond acceptors (Lipinski definition) is 4. The van der Waals surface area contributed by atoms with Crippen LogP contribution in [-0.4, -0.2) is 24.1 Å². The molecule has 1 aliphatic heterocycles. The Kier molecular flexibility index (Phi) is 6.22. The number of benzene rings is 2. The lowest BCUT2D eigenvalue weighted by atomic mass is 10.1. The molecule has 1 N–H and O–H groups in total. The minimum absolute atomic E-state index is 0.0600. The summed E-state index contributed by atoms with van der Waals surface area (Å²) in [7, 11) is 1.47. The van der Waals surface area contributed by atoms with Crippen molar-refractivity contribution in [2.24, 2.45) is 0 Å². The zero-order chi connectivity index (χ0) is 20.3. The molecule has 3 rings (SSSR count). The van der Waals surface area contributed by atoms with E-state index in [1.807, 2.05) is 49.4 Å². The molecule has 1 fully saturated rings. The Hall–Kier alpha value is -2.56. The van der Waals surface area contributed by atoms with Crippen LogP contribution in [0.2, 0.25) is 0 Å². The highest BCUT2D eigenvalue weighted by molar-refractivity contribution is 9.10. The highest BCUT2D eigenvalue weighted by Gasteiger charge is 2.40. The molecule has 2 aromatic rings. The topological polar surface area (TPSA) is 73.2 Å². The van der Waals surface area contributed by atoms with Gasteiger partial charge in [0.2, 0.25) is 5.91 Å². The number of halogens is 1. The number of carbonyl (C=O) groups excluding carboxylic acids is 2. The summed E-state index contributed by atoms with van der Waals surface area (Å²) in [6.45, 7) is 2.01. The van der Waals surface area contributed by atoms with E-state index in [0.717, 1.165) is 15.6 Å². The molecule has 1 aliphatic rings. The van der Waals surface area contributed by atoms with E-state index in [4.69, 9.17) is 0 Å². The van der Waals surface area contributed by atoms with Gasteiger partial charge in [0, 0.05) is 17.2 Å². The summed E-state index contributed by atoms with van der Waals surface area (Å²) in [4.78, 5) is 26.9. The molecule has 28 heavy (non-hydrogen) atoms. The fraction of sp³-hybridized carbons (Fsp3) is 0.190. The Balaban J connectivity index is 2.03. The third-order valence-corrected chi connectivity index (χ3v) is 6.15. The molecule has 1 atom stereocenters. The lowest BCUT2D eigenvalue weighted by Gasteiger charge is -2.18.